The van der Waals surface area contributed by atoms with Gasteiger partial charge in [0.25, 0.3) is 5.91 Å². The number of nitrogens with zero attached hydrogens (tertiary/aromatic N) is 2. The highest BCUT2D eigenvalue weighted by Crippen LogP contribution is 2.24. The molecular weight excluding hydrogens is 304 g/mol. The molecule has 0 heterocycles. The van der Waals surface area contributed by atoms with Crippen LogP contribution in [0.15, 0.2) is 17.0 Å². The van der Waals surface area contributed by atoms with Gasteiger partial charge in [-0.3, -0.25) is 4.79 Å². The Bertz CT molecular complexity index is 654. The van der Waals surface area contributed by atoms with Crippen LogP contribution >= 0.6 is 0 Å². The summed E-state index contributed by atoms with van der Waals surface area (Å²) in [5.41, 5.74) is 1.70. The molecule has 0 aliphatic carbocycles. The standard InChI is InChI=1S/C15H24N2O4S/c1-6-17(7-8-18)15(19)13-9-11(2)12(3)14(10-13)22(20,21)16(4)5/h9-10,18H,6-8H2,1-5H3. The Morgan fingerprint density at radius 1 is 1.23 bits per heavy atom. The van der Waals surface area contributed by atoms with E-state index in [1.807, 2.05) is 6.92 Å². The fourth-order valence-corrected chi connectivity index (χ4v) is 3.34. The van der Waals surface area contributed by atoms with Crippen LogP contribution in [0.2, 0.25) is 0 Å². The topological polar surface area (TPSA) is 77.9 Å². The molecule has 22 heavy (non-hydrogen) atoms. The van der Waals surface area contributed by atoms with Crippen LogP contribution in [0.1, 0.15) is 28.4 Å². The number of benzene rings is 1. The van der Waals surface area contributed by atoms with Gasteiger partial charge in [-0.25, -0.2) is 12.7 Å². The predicted molar refractivity (Wildman–Crippen MR) is 85.5 cm³/mol. The highest BCUT2D eigenvalue weighted by molar-refractivity contribution is 7.89. The van der Waals surface area contributed by atoms with Gasteiger partial charge in [-0.15, -0.1) is 0 Å². The van der Waals surface area contributed by atoms with Crippen LogP contribution in [0.25, 0.3) is 0 Å². The molecule has 1 amide bonds. The second kappa shape index (κ2) is 7.21. The van der Waals surface area contributed by atoms with E-state index >= 15 is 0 Å². The molecule has 1 aromatic rings. The lowest BCUT2D eigenvalue weighted by molar-refractivity contribution is 0.0731. The van der Waals surface area contributed by atoms with Gasteiger partial charge in [-0.05, 0) is 44.0 Å². The fourth-order valence-electron chi connectivity index (χ4n) is 2.12. The normalized spacial score (nSPS) is 11.8. The summed E-state index contributed by atoms with van der Waals surface area (Å²) < 4.78 is 25.9. The first-order chi connectivity index (χ1) is 10.2. The Balaban J connectivity index is 3.42. The summed E-state index contributed by atoms with van der Waals surface area (Å²) in [6.45, 7) is 5.86. The number of carbonyl (C=O) groups excluding carboxylic acids is 1. The lowest BCUT2D eigenvalue weighted by atomic mass is 10.1. The lowest BCUT2D eigenvalue weighted by Gasteiger charge is -2.21. The van der Waals surface area contributed by atoms with Gasteiger partial charge in [0.1, 0.15) is 0 Å². The van der Waals surface area contributed by atoms with Gasteiger partial charge in [0.2, 0.25) is 10.0 Å². The van der Waals surface area contributed by atoms with Crippen molar-refractivity contribution < 1.29 is 18.3 Å². The van der Waals surface area contributed by atoms with E-state index in [1.165, 1.54) is 25.1 Å². The molecule has 1 aromatic carbocycles. The van der Waals surface area contributed by atoms with Gasteiger partial charge < -0.3 is 10.0 Å². The number of hydrogen-bond acceptors (Lipinski definition) is 4. The molecule has 0 aliphatic rings. The van der Waals surface area contributed by atoms with E-state index < -0.39 is 10.0 Å². The first kappa shape index (κ1) is 18.6. The van der Waals surface area contributed by atoms with Crippen molar-refractivity contribution in [2.24, 2.45) is 0 Å². The van der Waals surface area contributed by atoms with Crippen molar-refractivity contribution >= 4 is 15.9 Å². The summed E-state index contributed by atoms with van der Waals surface area (Å²) in [6.07, 6.45) is 0. The summed E-state index contributed by atoms with van der Waals surface area (Å²) in [5, 5.41) is 9.02. The van der Waals surface area contributed by atoms with Gasteiger partial charge in [-0.2, -0.15) is 0 Å². The maximum absolute atomic E-state index is 12.5. The minimum absolute atomic E-state index is 0.132. The van der Waals surface area contributed by atoms with Gasteiger partial charge in [0, 0.05) is 32.7 Å². The van der Waals surface area contributed by atoms with E-state index in [0.717, 1.165) is 9.87 Å². The molecule has 0 aromatic heterocycles. The number of rotatable bonds is 6. The Hall–Kier alpha value is -1.44. The molecule has 124 valence electrons. The Morgan fingerprint density at radius 3 is 2.27 bits per heavy atom. The van der Waals surface area contributed by atoms with E-state index in [-0.39, 0.29) is 24.0 Å². The van der Waals surface area contributed by atoms with E-state index in [4.69, 9.17) is 5.11 Å². The van der Waals surface area contributed by atoms with Crippen molar-refractivity contribution in [2.45, 2.75) is 25.7 Å². The van der Waals surface area contributed by atoms with Crippen LogP contribution in [-0.2, 0) is 10.0 Å². The fraction of sp³-hybridized carbons (Fsp3) is 0.533. The third-order valence-electron chi connectivity index (χ3n) is 3.66. The molecule has 0 atom stereocenters. The quantitative estimate of drug-likeness (QED) is 0.845. The lowest BCUT2D eigenvalue weighted by Crippen LogP contribution is -2.33. The molecule has 0 aliphatic heterocycles. The van der Waals surface area contributed by atoms with Crippen molar-refractivity contribution in [3.05, 3.63) is 28.8 Å². The van der Waals surface area contributed by atoms with Crippen molar-refractivity contribution in [1.82, 2.24) is 9.21 Å². The Labute approximate surface area is 132 Å². The van der Waals surface area contributed by atoms with Crippen molar-refractivity contribution in [2.75, 3.05) is 33.8 Å². The molecule has 0 saturated heterocycles. The molecule has 1 N–H and O–H groups in total. The first-order valence-electron chi connectivity index (χ1n) is 7.10. The number of hydrogen-bond donors (Lipinski definition) is 1. The van der Waals surface area contributed by atoms with Crippen LogP contribution in [0, 0.1) is 13.8 Å². The second-order valence-corrected chi connectivity index (χ2v) is 7.43. The summed E-state index contributed by atoms with van der Waals surface area (Å²) in [7, 11) is -0.696. The van der Waals surface area contributed by atoms with Crippen molar-refractivity contribution in [1.29, 1.82) is 0 Å². The molecule has 0 spiro atoms. The largest absolute Gasteiger partial charge is 0.395 e. The van der Waals surface area contributed by atoms with Crippen LogP contribution in [0.5, 0.6) is 0 Å². The van der Waals surface area contributed by atoms with Gasteiger partial charge in [-0.1, -0.05) is 0 Å². The molecule has 0 fully saturated rings. The van der Waals surface area contributed by atoms with E-state index in [0.29, 0.717) is 17.7 Å². The van der Waals surface area contributed by atoms with Crippen molar-refractivity contribution in [3.8, 4) is 0 Å². The molecule has 7 heteroatoms. The Kier molecular flexibility index (Phi) is 6.10. The van der Waals surface area contributed by atoms with Crippen LogP contribution in [0.3, 0.4) is 0 Å². The van der Waals surface area contributed by atoms with Gasteiger partial charge >= 0.3 is 0 Å². The smallest absolute Gasteiger partial charge is 0.253 e. The predicted octanol–water partition coefficient (Wildman–Crippen LogP) is 1.01. The number of sulfonamides is 1. The molecule has 1 rings (SSSR count). The number of likely N-dealkylation sites (N-methyl/N-ethyl adjacent to an activating group) is 1. The number of aryl methyl sites for hydroxylation is 1. The number of aliphatic hydroxyl groups is 1. The molecule has 0 radical (unpaired) electrons. The maximum Gasteiger partial charge on any atom is 0.253 e. The highest BCUT2D eigenvalue weighted by atomic mass is 32.2. The minimum Gasteiger partial charge on any atom is -0.395 e. The molecule has 6 nitrogen and oxygen atoms in total. The van der Waals surface area contributed by atoms with Gasteiger partial charge in [0.05, 0.1) is 11.5 Å². The van der Waals surface area contributed by atoms with Crippen LogP contribution < -0.4 is 0 Å². The second-order valence-electron chi connectivity index (χ2n) is 5.31. The molecule has 0 unspecified atom stereocenters. The number of carbonyl (C=O) groups is 1. The van der Waals surface area contributed by atoms with E-state index in [2.05, 4.69) is 0 Å². The molecule has 0 saturated carbocycles. The van der Waals surface area contributed by atoms with Crippen LogP contribution in [-0.4, -0.2) is 62.4 Å². The summed E-state index contributed by atoms with van der Waals surface area (Å²) >= 11 is 0. The third-order valence-corrected chi connectivity index (χ3v) is 5.61. The SMILES string of the molecule is CCN(CCO)C(=O)c1cc(C)c(C)c(S(=O)(=O)N(C)C)c1. The number of amides is 1. The average molecular weight is 328 g/mol. The maximum atomic E-state index is 12.5. The zero-order chi connectivity index (χ0) is 17.1. The molecular formula is C15H24N2O4S. The third kappa shape index (κ3) is 3.66. The zero-order valence-electron chi connectivity index (χ0n) is 13.8. The summed E-state index contributed by atoms with van der Waals surface area (Å²) in [6, 6.07) is 3.10. The number of aliphatic hydroxyl groups excluding tert-OH is 1. The van der Waals surface area contributed by atoms with Crippen LogP contribution in [0.4, 0.5) is 0 Å². The minimum atomic E-state index is -3.62. The van der Waals surface area contributed by atoms with Gasteiger partial charge in [0.15, 0.2) is 0 Å². The summed E-state index contributed by atoms with van der Waals surface area (Å²) in [4.78, 5) is 14.1. The van der Waals surface area contributed by atoms with E-state index in [9.17, 15) is 13.2 Å². The Morgan fingerprint density at radius 2 is 1.82 bits per heavy atom. The highest BCUT2D eigenvalue weighted by Gasteiger charge is 2.24. The monoisotopic (exact) mass is 328 g/mol. The molecule has 0 bridgehead atoms. The zero-order valence-corrected chi connectivity index (χ0v) is 14.6. The summed E-state index contributed by atoms with van der Waals surface area (Å²) in [5.74, 6) is -0.283. The van der Waals surface area contributed by atoms with Crippen molar-refractivity contribution in [3.63, 3.8) is 0 Å². The average Bonchev–Trinajstić information content (AvgIpc) is 2.46. The van der Waals surface area contributed by atoms with E-state index in [1.54, 1.807) is 19.9 Å². The first-order valence-corrected chi connectivity index (χ1v) is 8.54.